The summed E-state index contributed by atoms with van der Waals surface area (Å²) in [4.78, 5) is 16.0. The molecule has 1 heterocycles. The molecule has 0 fully saturated rings. The molecule has 1 aromatic carbocycles. The fraction of sp³-hybridized carbons (Fsp3) is 0.143. The topological polar surface area (TPSA) is 68.0 Å². The highest BCUT2D eigenvalue weighted by Gasteiger charge is 2.16. The van der Waals surface area contributed by atoms with Crippen LogP contribution in [0.5, 0.6) is 0 Å². The maximum absolute atomic E-state index is 13.6. The van der Waals surface area contributed by atoms with Gasteiger partial charge < -0.3 is 11.1 Å². The largest absolute Gasteiger partial charge is 0.322 e. The second kappa shape index (κ2) is 6.76. The minimum absolute atomic E-state index is 0.131. The van der Waals surface area contributed by atoms with Crippen LogP contribution < -0.4 is 11.1 Å². The molecule has 6 heteroatoms. The molecule has 0 spiro atoms. The van der Waals surface area contributed by atoms with Gasteiger partial charge in [-0.25, -0.2) is 4.39 Å². The summed E-state index contributed by atoms with van der Waals surface area (Å²) < 4.78 is 14.4. The number of nitrogens with one attached hydrogen (secondary N) is 1. The number of hydrogen-bond acceptors (Lipinski definition) is 3. The van der Waals surface area contributed by atoms with Crippen molar-refractivity contribution in [3.8, 4) is 0 Å². The van der Waals surface area contributed by atoms with Crippen molar-refractivity contribution in [3.05, 3.63) is 57.7 Å². The summed E-state index contributed by atoms with van der Waals surface area (Å²) in [5, 5.41) is 2.49. The molecule has 4 nitrogen and oxygen atoms in total. The van der Waals surface area contributed by atoms with Crippen LogP contribution in [0.15, 0.2) is 42.6 Å². The maximum atomic E-state index is 13.6. The van der Waals surface area contributed by atoms with E-state index in [1.54, 1.807) is 24.4 Å². The Morgan fingerprint density at radius 1 is 1.40 bits per heavy atom. The zero-order valence-electron chi connectivity index (χ0n) is 10.5. The van der Waals surface area contributed by atoms with Crippen molar-refractivity contribution < 1.29 is 9.18 Å². The Bertz CT molecular complexity index is 607. The third kappa shape index (κ3) is 3.97. The fourth-order valence-electron chi connectivity index (χ4n) is 1.65. The van der Waals surface area contributed by atoms with Crippen LogP contribution >= 0.6 is 22.6 Å². The van der Waals surface area contributed by atoms with E-state index in [-0.39, 0.29) is 5.69 Å². The highest BCUT2D eigenvalue weighted by Crippen LogP contribution is 2.17. The van der Waals surface area contributed by atoms with Gasteiger partial charge >= 0.3 is 0 Å². The molecule has 1 unspecified atom stereocenters. The molecule has 2 rings (SSSR count). The van der Waals surface area contributed by atoms with Gasteiger partial charge in [-0.05, 0) is 52.9 Å². The van der Waals surface area contributed by atoms with Crippen molar-refractivity contribution in [2.45, 2.75) is 12.5 Å². The number of anilines is 1. The Balaban J connectivity index is 2.01. The summed E-state index contributed by atoms with van der Waals surface area (Å²) in [6.07, 6.45) is 1.94. The first kappa shape index (κ1) is 14.9. The van der Waals surface area contributed by atoms with Gasteiger partial charge in [0.1, 0.15) is 5.82 Å². The van der Waals surface area contributed by atoms with Crippen molar-refractivity contribution in [2.75, 3.05) is 5.32 Å². The number of halogens is 2. The number of amides is 1. The van der Waals surface area contributed by atoms with Crippen molar-refractivity contribution in [1.29, 1.82) is 0 Å². The first-order valence-electron chi connectivity index (χ1n) is 5.97. The lowest BCUT2D eigenvalue weighted by Crippen LogP contribution is -2.37. The molecule has 0 aliphatic rings. The molecule has 1 amide bonds. The molecule has 1 atom stereocenters. The Morgan fingerprint density at radius 3 is 2.85 bits per heavy atom. The van der Waals surface area contributed by atoms with Crippen LogP contribution in [0.1, 0.15) is 5.69 Å². The molecule has 0 radical (unpaired) electrons. The van der Waals surface area contributed by atoms with Gasteiger partial charge in [-0.2, -0.15) is 0 Å². The second-order valence-corrected chi connectivity index (χ2v) is 5.49. The molecule has 0 aliphatic heterocycles. The number of nitrogens with zero attached hydrogens (tertiary/aromatic N) is 1. The summed E-state index contributed by atoms with van der Waals surface area (Å²) in [6.45, 7) is 0. The van der Waals surface area contributed by atoms with Crippen molar-refractivity contribution in [1.82, 2.24) is 4.98 Å². The van der Waals surface area contributed by atoms with Gasteiger partial charge in [0.05, 0.1) is 11.7 Å². The minimum atomic E-state index is -0.774. The van der Waals surface area contributed by atoms with Gasteiger partial charge in [-0.1, -0.05) is 6.07 Å². The lowest BCUT2D eigenvalue weighted by atomic mass is 10.1. The SMILES string of the molecule is NC(Cc1ccccn1)C(=O)Nc1ccc(I)cc1F. The van der Waals surface area contributed by atoms with Crippen LogP contribution in [0.4, 0.5) is 10.1 Å². The Kier molecular flexibility index (Phi) is 5.02. The summed E-state index contributed by atoms with van der Waals surface area (Å²) in [5.41, 5.74) is 6.65. The molecular formula is C14H13FIN3O. The van der Waals surface area contributed by atoms with E-state index in [4.69, 9.17) is 5.73 Å². The molecule has 1 aromatic heterocycles. The first-order valence-corrected chi connectivity index (χ1v) is 7.05. The molecule has 20 heavy (non-hydrogen) atoms. The first-order chi connectivity index (χ1) is 9.56. The number of carbonyl (C=O) groups excluding carboxylic acids is 1. The monoisotopic (exact) mass is 385 g/mol. The number of pyridine rings is 1. The Hall–Kier alpha value is -1.54. The van der Waals surface area contributed by atoms with Crippen LogP contribution in [0.25, 0.3) is 0 Å². The standard InChI is InChI=1S/C14H13FIN3O/c15-11-7-9(16)4-5-13(11)19-14(20)12(17)8-10-3-1-2-6-18-10/h1-7,12H,8,17H2,(H,19,20). The fourth-order valence-corrected chi connectivity index (χ4v) is 2.11. The smallest absolute Gasteiger partial charge is 0.241 e. The molecule has 0 aliphatic carbocycles. The van der Waals surface area contributed by atoms with Gasteiger partial charge in [0.15, 0.2) is 0 Å². The number of nitrogens with two attached hydrogens (primary N) is 1. The normalized spacial score (nSPS) is 11.9. The van der Waals surface area contributed by atoms with E-state index in [1.807, 2.05) is 28.7 Å². The molecule has 2 aromatic rings. The summed E-state index contributed by atoms with van der Waals surface area (Å²) in [7, 11) is 0. The molecular weight excluding hydrogens is 372 g/mol. The van der Waals surface area contributed by atoms with E-state index < -0.39 is 17.8 Å². The van der Waals surface area contributed by atoms with Gasteiger partial charge in [-0.15, -0.1) is 0 Å². The maximum Gasteiger partial charge on any atom is 0.241 e. The highest BCUT2D eigenvalue weighted by atomic mass is 127. The Morgan fingerprint density at radius 2 is 2.20 bits per heavy atom. The molecule has 104 valence electrons. The van der Waals surface area contributed by atoms with Gasteiger partial charge in [0.2, 0.25) is 5.91 Å². The zero-order chi connectivity index (χ0) is 14.5. The van der Waals surface area contributed by atoms with Gasteiger partial charge in [0, 0.05) is 21.9 Å². The van der Waals surface area contributed by atoms with Gasteiger partial charge in [0.25, 0.3) is 0 Å². The van der Waals surface area contributed by atoms with Crippen LogP contribution in [0.2, 0.25) is 0 Å². The Labute approximate surface area is 129 Å². The van der Waals surface area contributed by atoms with Gasteiger partial charge in [-0.3, -0.25) is 9.78 Å². The van der Waals surface area contributed by atoms with Crippen LogP contribution in [0.3, 0.4) is 0 Å². The quantitative estimate of drug-likeness (QED) is 0.794. The molecule has 0 bridgehead atoms. The predicted molar refractivity (Wildman–Crippen MR) is 83.7 cm³/mol. The van der Waals surface area contributed by atoms with E-state index in [9.17, 15) is 9.18 Å². The van der Waals surface area contributed by atoms with E-state index >= 15 is 0 Å². The second-order valence-electron chi connectivity index (χ2n) is 4.25. The van der Waals surface area contributed by atoms with Crippen molar-refractivity contribution >= 4 is 34.2 Å². The zero-order valence-corrected chi connectivity index (χ0v) is 12.7. The number of carbonyl (C=O) groups is 1. The van der Waals surface area contributed by atoms with Crippen LogP contribution in [-0.2, 0) is 11.2 Å². The number of rotatable bonds is 4. The number of hydrogen-bond donors (Lipinski definition) is 2. The van der Waals surface area contributed by atoms with Crippen molar-refractivity contribution in [3.63, 3.8) is 0 Å². The van der Waals surface area contributed by atoms with E-state index in [0.29, 0.717) is 6.42 Å². The predicted octanol–water partition coefficient (Wildman–Crippen LogP) is 2.33. The third-order valence-electron chi connectivity index (χ3n) is 2.68. The van der Waals surface area contributed by atoms with Crippen LogP contribution in [-0.4, -0.2) is 16.9 Å². The lowest BCUT2D eigenvalue weighted by molar-refractivity contribution is -0.117. The van der Waals surface area contributed by atoms with Crippen molar-refractivity contribution in [2.24, 2.45) is 5.73 Å². The van der Waals surface area contributed by atoms with Crippen LogP contribution in [0, 0.1) is 9.39 Å². The highest BCUT2D eigenvalue weighted by molar-refractivity contribution is 14.1. The summed E-state index contributed by atoms with van der Waals surface area (Å²) in [5.74, 6) is -0.911. The average Bonchev–Trinajstić information content (AvgIpc) is 2.43. The van der Waals surface area contributed by atoms with E-state index in [2.05, 4.69) is 10.3 Å². The lowest BCUT2D eigenvalue weighted by Gasteiger charge is -2.12. The van der Waals surface area contributed by atoms with E-state index in [1.165, 1.54) is 12.1 Å². The minimum Gasteiger partial charge on any atom is -0.322 e. The third-order valence-corrected chi connectivity index (χ3v) is 3.35. The summed E-state index contributed by atoms with van der Waals surface area (Å²) >= 11 is 2.00. The number of benzene rings is 1. The summed E-state index contributed by atoms with van der Waals surface area (Å²) in [6, 6.07) is 9.20. The molecule has 3 N–H and O–H groups in total. The number of aromatic nitrogens is 1. The average molecular weight is 385 g/mol. The molecule has 0 saturated heterocycles. The van der Waals surface area contributed by atoms with E-state index in [0.717, 1.165) is 9.26 Å². The molecule has 0 saturated carbocycles.